The summed E-state index contributed by atoms with van der Waals surface area (Å²) >= 11 is 0. The van der Waals surface area contributed by atoms with E-state index in [9.17, 15) is 9.59 Å². The zero-order valence-electron chi connectivity index (χ0n) is 5.50. The van der Waals surface area contributed by atoms with Crippen LogP contribution >= 0.6 is 0 Å². The summed E-state index contributed by atoms with van der Waals surface area (Å²) < 4.78 is 4.61. The molecule has 0 bridgehead atoms. The molecule has 0 aromatic carbocycles. The summed E-state index contributed by atoms with van der Waals surface area (Å²) in [5, 5.41) is 0. The van der Waals surface area contributed by atoms with Gasteiger partial charge in [-0.2, -0.15) is 0 Å². The molecule has 0 saturated carbocycles. The van der Waals surface area contributed by atoms with Gasteiger partial charge in [0.2, 0.25) is 5.91 Å². The normalized spacial score (nSPS) is 25.6. The van der Waals surface area contributed by atoms with E-state index in [2.05, 4.69) is 4.74 Å². The van der Waals surface area contributed by atoms with E-state index in [0.717, 1.165) is 0 Å². The van der Waals surface area contributed by atoms with Crippen LogP contribution in [-0.2, 0) is 14.3 Å². The minimum atomic E-state index is -0.406. The molecule has 10 heavy (non-hydrogen) atoms. The van der Waals surface area contributed by atoms with Crippen molar-refractivity contribution in [3.05, 3.63) is 0 Å². The summed E-state index contributed by atoms with van der Waals surface area (Å²) in [6, 6.07) is 0. The molecule has 1 unspecified atom stereocenters. The third-order valence-electron chi connectivity index (χ3n) is 1.54. The van der Waals surface area contributed by atoms with E-state index in [1.165, 1.54) is 0 Å². The predicted molar refractivity (Wildman–Crippen MR) is 32.9 cm³/mol. The van der Waals surface area contributed by atoms with Crippen LogP contribution in [0.3, 0.4) is 0 Å². The van der Waals surface area contributed by atoms with Crippen molar-refractivity contribution < 1.29 is 14.3 Å². The maximum Gasteiger partial charge on any atom is 0.306 e. The van der Waals surface area contributed by atoms with Gasteiger partial charge in [-0.15, -0.1) is 0 Å². The minimum absolute atomic E-state index is 0.148. The second-order valence-corrected chi connectivity index (χ2v) is 2.31. The van der Waals surface area contributed by atoms with Crippen LogP contribution < -0.4 is 5.73 Å². The Hall–Kier alpha value is -1.06. The van der Waals surface area contributed by atoms with Crippen molar-refractivity contribution in [2.45, 2.75) is 12.8 Å². The van der Waals surface area contributed by atoms with Crippen LogP contribution in [-0.4, -0.2) is 18.5 Å². The van der Waals surface area contributed by atoms with E-state index in [-0.39, 0.29) is 18.3 Å². The highest BCUT2D eigenvalue weighted by Crippen LogP contribution is 2.14. The molecule has 0 aromatic rings. The molecule has 1 fully saturated rings. The summed E-state index contributed by atoms with van der Waals surface area (Å²) in [4.78, 5) is 21.1. The molecule has 4 heteroatoms. The smallest absolute Gasteiger partial charge is 0.306 e. The number of esters is 1. The zero-order valence-corrected chi connectivity index (χ0v) is 5.50. The summed E-state index contributed by atoms with van der Waals surface area (Å²) in [6.45, 7) is 0.326. The lowest BCUT2D eigenvalue weighted by Crippen LogP contribution is -2.31. The Labute approximate surface area is 58.3 Å². The summed E-state index contributed by atoms with van der Waals surface area (Å²) in [5.74, 6) is -1.03. The van der Waals surface area contributed by atoms with Crippen LogP contribution in [0.1, 0.15) is 12.8 Å². The summed E-state index contributed by atoms with van der Waals surface area (Å²) in [6.07, 6.45) is 0.719. The first-order valence-electron chi connectivity index (χ1n) is 3.15. The fourth-order valence-corrected chi connectivity index (χ4v) is 0.920. The van der Waals surface area contributed by atoms with Crippen LogP contribution in [0.4, 0.5) is 0 Å². The molecule has 0 aromatic heterocycles. The monoisotopic (exact) mass is 143 g/mol. The fourth-order valence-electron chi connectivity index (χ4n) is 0.920. The Balaban J connectivity index is 2.47. The number of hydrogen-bond donors (Lipinski definition) is 1. The fraction of sp³-hybridized carbons (Fsp3) is 0.667. The third kappa shape index (κ3) is 1.46. The quantitative estimate of drug-likeness (QED) is 0.499. The predicted octanol–water partition coefficient (Wildman–Crippen LogP) is -0.575. The first-order valence-corrected chi connectivity index (χ1v) is 3.15. The second-order valence-electron chi connectivity index (χ2n) is 2.31. The van der Waals surface area contributed by atoms with Crippen LogP contribution in [0, 0.1) is 5.92 Å². The number of rotatable bonds is 1. The second kappa shape index (κ2) is 2.68. The van der Waals surface area contributed by atoms with E-state index < -0.39 is 5.91 Å². The number of amides is 1. The Morgan fingerprint density at radius 2 is 2.40 bits per heavy atom. The van der Waals surface area contributed by atoms with Gasteiger partial charge in [0.15, 0.2) is 0 Å². The van der Waals surface area contributed by atoms with Crippen molar-refractivity contribution in [3.8, 4) is 0 Å². The number of nitrogens with two attached hydrogens (primary N) is 1. The van der Waals surface area contributed by atoms with Crippen molar-refractivity contribution in [2.24, 2.45) is 11.7 Å². The van der Waals surface area contributed by atoms with Gasteiger partial charge in [0.25, 0.3) is 0 Å². The standard InChI is InChI=1S/C6H9NO3/c7-6(9)4-1-2-10-5(8)3-4/h4H,1-3H2,(H2,7,9). The van der Waals surface area contributed by atoms with Gasteiger partial charge in [-0.05, 0) is 6.42 Å². The van der Waals surface area contributed by atoms with Crippen molar-refractivity contribution in [3.63, 3.8) is 0 Å². The minimum Gasteiger partial charge on any atom is -0.466 e. The van der Waals surface area contributed by atoms with Gasteiger partial charge in [-0.25, -0.2) is 0 Å². The first-order chi connectivity index (χ1) is 4.70. The van der Waals surface area contributed by atoms with E-state index in [1.54, 1.807) is 0 Å². The summed E-state index contributed by atoms with van der Waals surface area (Å²) in [7, 11) is 0. The van der Waals surface area contributed by atoms with Crippen molar-refractivity contribution in [2.75, 3.05) is 6.61 Å². The molecular formula is C6H9NO3. The SMILES string of the molecule is NC(=O)C1CCOC(=O)C1. The van der Waals surface area contributed by atoms with Crippen molar-refractivity contribution >= 4 is 11.9 Å². The molecule has 1 rings (SSSR count). The molecule has 1 aliphatic rings. The molecule has 0 spiro atoms. The molecule has 1 amide bonds. The molecule has 1 atom stereocenters. The molecule has 56 valence electrons. The van der Waals surface area contributed by atoms with Gasteiger partial charge in [-0.3, -0.25) is 9.59 Å². The summed E-state index contributed by atoms with van der Waals surface area (Å²) in [5.41, 5.74) is 4.98. The van der Waals surface area contributed by atoms with Gasteiger partial charge >= 0.3 is 5.97 Å². The number of hydrogen-bond acceptors (Lipinski definition) is 3. The lowest BCUT2D eigenvalue weighted by Gasteiger charge is -2.17. The first kappa shape index (κ1) is 7.05. The Morgan fingerprint density at radius 3 is 2.80 bits per heavy atom. The Kier molecular flexibility index (Phi) is 1.89. The molecule has 2 N–H and O–H groups in total. The highest BCUT2D eigenvalue weighted by atomic mass is 16.5. The lowest BCUT2D eigenvalue weighted by atomic mass is 10.00. The maximum absolute atomic E-state index is 10.5. The van der Waals surface area contributed by atoms with Crippen molar-refractivity contribution in [1.82, 2.24) is 0 Å². The average molecular weight is 143 g/mol. The molecular weight excluding hydrogens is 134 g/mol. The molecule has 1 saturated heterocycles. The van der Waals surface area contributed by atoms with E-state index in [4.69, 9.17) is 5.73 Å². The van der Waals surface area contributed by atoms with Gasteiger partial charge < -0.3 is 10.5 Å². The number of carbonyl (C=O) groups is 2. The van der Waals surface area contributed by atoms with Crippen molar-refractivity contribution in [1.29, 1.82) is 0 Å². The number of cyclic esters (lactones) is 1. The molecule has 0 radical (unpaired) electrons. The third-order valence-corrected chi connectivity index (χ3v) is 1.54. The number of carbonyl (C=O) groups excluding carboxylic acids is 2. The molecule has 4 nitrogen and oxygen atoms in total. The van der Waals surface area contributed by atoms with E-state index in [0.29, 0.717) is 13.0 Å². The van der Waals surface area contributed by atoms with Gasteiger partial charge in [0, 0.05) is 0 Å². The van der Waals surface area contributed by atoms with Gasteiger partial charge in [0.05, 0.1) is 18.9 Å². The number of primary amides is 1. The van der Waals surface area contributed by atoms with E-state index >= 15 is 0 Å². The highest BCUT2D eigenvalue weighted by Gasteiger charge is 2.24. The Bertz CT molecular complexity index is 164. The zero-order chi connectivity index (χ0) is 7.56. The van der Waals surface area contributed by atoms with E-state index in [1.807, 2.05) is 0 Å². The van der Waals surface area contributed by atoms with Crippen LogP contribution in [0.5, 0.6) is 0 Å². The average Bonchev–Trinajstić information content (AvgIpc) is 1.88. The topological polar surface area (TPSA) is 69.4 Å². The molecule has 1 aliphatic heterocycles. The number of ether oxygens (including phenoxy) is 1. The van der Waals surface area contributed by atoms with Gasteiger partial charge in [0.1, 0.15) is 0 Å². The largest absolute Gasteiger partial charge is 0.466 e. The van der Waals surface area contributed by atoms with Crippen LogP contribution in [0.2, 0.25) is 0 Å². The van der Waals surface area contributed by atoms with Crippen LogP contribution in [0.15, 0.2) is 0 Å². The highest BCUT2D eigenvalue weighted by molar-refractivity contribution is 5.83. The Morgan fingerprint density at radius 1 is 1.70 bits per heavy atom. The molecule has 0 aliphatic carbocycles. The lowest BCUT2D eigenvalue weighted by molar-refractivity contribution is -0.151. The molecule has 1 heterocycles. The van der Waals surface area contributed by atoms with Gasteiger partial charge in [-0.1, -0.05) is 0 Å². The van der Waals surface area contributed by atoms with Crippen LogP contribution in [0.25, 0.3) is 0 Å². The maximum atomic E-state index is 10.5.